The summed E-state index contributed by atoms with van der Waals surface area (Å²) < 4.78 is 5.30. The van der Waals surface area contributed by atoms with E-state index in [9.17, 15) is 0 Å². The smallest absolute Gasteiger partial charge is 0.193 e. The number of ether oxygens (including phenoxy) is 1. The minimum absolute atomic E-state index is 0. The van der Waals surface area contributed by atoms with E-state index in [1.165, 1.54) is 38.2 Å². The molecule has 0 amide bonds. The number of halogens is 1. The molecule has 3 rings (SSSR count). The van der Waals surface area contributed by atoms with Gasteiger partial charge in [0.05, 0.1) is 6.61 Å². The third-order valence-electron chi connectivity index (χ3n) is 5.85. The molecule has 7 heteroatoms. The highest BCUT2D eigenvalue weighted by molar-refractivity contribution is 14.0. The zero-order valence-corrected chi connectivity index (χ0v) is 20.4. The molecule has 0 spiro atoms. The van der Waals surface area contributed by atoms with Crippen molar-refractivity contribution in [3.05, 3.63) is 35.9 Å². The molecule has 0 aliphatic carbocycles. The summed E-state index contributed by atoms with van der Waals surface area (Å²) in [5.41, 5.74) is 1.42. The lowest BCUT2D eigenvalue weighted by Crippen LogP contribution is -2.47. The predicted octanol–water partition coefficient (Wildman–Crippen LogP) is 2.36. The molecular formula is C22H38IN5O. The highest BCUT2D eigenvalue weighted by atomic mass is 127. The van der Waals surface area contributed by atoms with Crippen LogP contribution in [0.3, 0.4) is 0 Å². The van der Waals surface area contributed by atoms with Gasteiger partial charge in [0.1, 0.15) is 0 Å². The van der Waals surface area contributed by atoms with Crippen LogP contribution in [0.2, 0.25) is 0 Å². The lowest BCUT2D eigenvalue weighted by molar-refractivity contribution is 0.126. The van der Waals surface area contributed by atoms with Crippen LogP contribution in [0.25, 0.3) is 0 Å². The van der Waals surface area contributed by atoms with Crippen molar-refractivity contribution in [2.45, 2.75) is 19.4 Å². The predicted molar refractivity (Wildman–Crippen MR) is 131 cm³/mol. The Hall–Kier alpha value is -0.900. The number of aliphatic imine (C=N–C) groups is 1. The van der Waals surface area contributed by atoms with E-state index in [4.69, 9.17) is 4.74 Å². The lowest BCUT2D eigenvalue weighted by atomic mass is 10.1. The molecule has 0 aromatic heterocycles. The van der Waals surface area contributed by atoms with Gasteiger partial charge in [-0.15, -0.1) is 24.0 Å². The van der Waals surface area contributed by atoms with E-state index in [1.807, 2.05) is 7.05 Å². The van der Waals surface area contributed by atoms with Crippen LogP contribution in [0.15, 0.2) is 35.3 Å². The van der Waals surface area contributed by atoms with Gasteiger partial charge < -0.3 is 19.9 Å². The lowest BCUT2D eigenvalue weighted by Gasteiger charge is -2.34. The van der Waals surface area contributed by atoms with Gasteiger partial charge in [0, 0.05) is 72.4 Å². The van der Waals surface area contributed by atoms with Gasteiger partial charge in [-0.1, -0.05) is 30.3 Å². The maximum Gasteiger partial charge on any atom is 0.193 e. The van der Waals surface area contributed by atoms with Crippen LogP contribution in [-0.4, -0.2) is 93.8 Å². The second kappa shape index (κ2) is 13.4. The Morgan fingerprint density at radius 3 is 2.52 bits per heavy atom. The van der Waals surface area contributed by atoms with Crippen molar-refractivity contribution in [2.75, 3.05) is 73.1 Å². The molecule has 6 nitrogen and oxygen atoms in total. The first-order valence-corrected chi connectivity index (χ1v) is 10.7. The second-order valence-electron chi connectivity index (χ2n) is 7.99. The van der Waals surface area contributed by atoms with Crippen molar-refractivity contribution in [2.24, 2.45) is 10.9 Å². The third-order valence-corrected chi connectivity index (χ3v) is 5.85. The molecule has 0 radical (unpaired) electrons. The van der Waals surface area contributed by atoms with Crippen molar-refractivity contribution in [1.29, 1.82) is 0 Å². The van der Waals surface area contributed by atoms with Crippen LogP contribution in [0.4, 0.5) is 0 Å². The Bertz CT molecular complexity index is 592. The number of guanidine groups is 1. The van der Waals surface area contributed by atoms with Gasteiger partial charge in [-0.05, 0) is 24.9 Å². The van der Waals surface area contributed by atoms with Crippen LogP contribution in [0.1, 0.15) is 18.4 Å². The molecule has 164 valence electrons. The summed E-state index contributed by atoms with van der Waals surface area (Å²) in [6, 6.07) is 10.8. The molecule has 2 heterocycles. The molecule has 2 aliphatic heterocycles. The topological polar surface area (TPSA) is 43.3 Å². The summed E-state index contributed by atoms with van der Waals surface area (Å²) in [5.74, 6) is 1.68. The van der Waals surface area contributed by atoms with Crippen molar-refractivity contribution >= 4 is 29.9 Å². The van der Waals surface area contributed by atoms with E-state index in [0.29, 0.717) is 5.92 Å². The number of hydrogen-bond donors (Lipinski definition) is 1. The fraction of sp³-hybridized carbons (Fsp3) is 0.682. The Labute approximate surface area is 193 Å². The van der Waals surface area contributed by atoms with Crippen molar-refractivity contribution < 1.29 is 4.74 Å². The van der Waals surface area contributed by atoms with E-state index >= 15 is 0 Å². The largest absolute Gasteiger partial charge is 0.384 e. The first kappa shape index (κ1) is 24.4. The molecule has 1 atom stereocenters. The van der Waals surface area contributed by atoms with Crippen molar-refractivity contribution in [3.8, 4) is 0 Å². The van der Waals surface area contributed by atoms with E-state index in [0.717, 1.165) is 51.7 Å². The number of benzene rings is 1. The van der Waals surface area contributed by atoms with Crippen LogP contribution in [0, 0.1) is 5.92 Å². The number of piperazine rings is 1. The first-order chi connectivity index (χ1) is 13.8. The number of nitrogens with one attached hydrogen (secondary N) is 1. The minimum Gasteiger partial charge on any atom is -0.384 e. The fourth-order valence-electron chi connectivity index (χ4n) is 4.24. The quantitative estimate of drug-likeness (QED) is 0.249. The Kier molecular flexibility index (Phi) is 11.3. The Morgan fingerprint density at radius 2 is 1.83 bits per heavy atom. The van der Waals surface area contributed by atoms with Gasteiger partial charge in [0.25, 0.3) is 0 Å². The second-order valence-corrected chi connectivity index (χ2v) is 7.99. The molecule has 1 N–H and O–H groups in total. The molecule has 0 saturated carbocycles. The van der Waals surface area contributed by atoms with Crippen molar-refractivity contribution in [3.63, 3.8) is 0 Å². The van der Waals surface area contributed by atoms with Gasteiger partial charge in [0.2, 0.25) is 0 Å². The molecule has 1 aromatic carbocycles. The Balaban J connectivity index is 0.00000300. The number of rotatable bonds is 8. The first-order valence-electron chi connectivity index (χ1n) is 10.7. The number of likely N-dealkylation sites (tertiary alicyclic amines) is 1. The summed E-state index contributed by atoms with van der Waals surface area (Å²) >= 11 is 0. The van der Waals surface area contributed by atoms with Crippen LogP contribution in [-0.2, 0) is 11.3 Å². The van der Waals surface area contributed by atoms with Gasteiger partial charge in [-0.25, -0.2) is 0 Å². The summed E-state index contributed by atoms with van der Waals surface area (Å²) in [6.07, 6.45) is 2.36. The average Bonchev–Trinajstić information content (AvgIpc) is 3.19. The summed E-state index contributed by atoms with van der Waals surface area (Å²) in [4.78, 5) is 12.0. The summed E-state index contributed by atoms with van der Waals surface area (Å²) in [6.45, 7) is 10.9. The minimum atomic E-state index is 0. The van der Waals surface area contributed by atoms with Crippen LogP contribution >= 0.6 is 24.0 Å². The normalized spacial score (nSPS) is 21.2. The standard InChI is InChI=1S/C22H37N5O.HI/c1-23-22(27-12-9-21(18-27)19-28-2)24-10-6-11-25-13-15-26(16-14-25)17-20-7-4-3-5-8-20;/h3-5,7-8,21H,6,9-19H2,1-2H3,(H,23,24);1H. The molecule has 29 heavy (non-hydrogen) atoms. The number of nitrogens with zero attached hydrogens (tertiary/aromatic N) is 4. The summed E-state index contributed by atoms with van der Waals surface area (Å²) in [5, 5.41) is 3.55. The number of hydrogen-bond acceptors (Lipinski definition) is 4. The summed E-state index contributed by atoms with van der Waals surface area (Å²) in [7, 11) is 3.68. The highest BCUT2D eigenvalue weighted by Gasteiger charge is 2.24. The maximum absolute atomic E-state index is 5.30. The molecule has 1 unspecified atom stereocenters. The van der Waals surface area contributed by atoms with Gasteiger partial charge >= 0.3 is 0 Å². The van der Waals surface area contributed by atoms with Crippen LogP contribution in [0.5, 0.6) is 0 Å². The van der Waals surface area contributed by atoms with E-state index in [1.54, 1.807) is 7.11 Å². The highest BCUT2D eigenvalue weighted by Crippen LogP contribution is 2.16. The van der Waals surface area contributed by atoms with Crippen molar-refractivity contribution in [1.82, 2.24) is 20.0 Å². The van der Waals surface area contributed by atoms with Crippen LogP contribution < -0.4 is 5.32 Å². The molecular weight excluding hydrogens is 477 g/mol. The number of methoxy groups -OCH3 is 1. The van der Waals surface area contributed by atoms with Gasteiger partial charge in [-0.3, -0.25) is 9.89 Å². The Morgan fingerprint density at radius 1 is 1.10 bits per heavy atom. The molecule has 0 bridgehead atoms. The average molecular weight is 515 g/mol. The SMILES string of the molecule is CN=C(NCCCN1CCN(Cc2ccccc2)CC1)N1CCC(COC)C1.I. The van der Waals surface area contributed by atoms with E-state index < -0.39 is 0 Å². The molecule has 1 aromatic rings. The van der Waals surface area contributed by atoms with E-state index in [-0.39, 0.29) is 24.0 Å². The zero-order valence-electron chi connectivity index (χ0n) is 18.1. The molecule has 2 fully saturated rings. The zero-order chi connectivity index (χ0) is 19.6. The van der Waals surface area contributed by atoms with Gasteiger partial charge in [-0.2, -0.15) is 0 Å². The fourth-order valence-corrected chi connectivity index (χ4v) is 4.24. The third kappa shape index (κ3) is 8.03. The molecule has 2 aliphatic rings. The monoisotopic (exact) mass is 515 g/mol. The molecule has 2 saturated heterocycles. The maximum atomic E-state index is 5.30. The van der Waals surface area contributed by atoms with Gasteiger partial charge in [0.15, 0.2) is 5.96 Å². The van der Waals surface area contributed by atoms with E-state index in [2.05, 4.69) is 55.3 Å².